The summed E-state index contributed by atoms with van der Waals surface area (Å²) in [5.41, 5.74) is 3.04. The van der Waals surface area contributed by atoms with Gasteiger partial charge in [0.25, 0.3) is 5.91 Å². The predicted molar refractivity (Wildman–Crippen MR) is 117 cm³/mol. The molecule has 1 atom stereocenters. The summed E-state index contributed by atoms with van der Waals surface area (Å²) >= 11 is 4.16. The average molecular weight is 451 g/mol. The van der Waals surface area contributed by atoms with Crippen molar-refractivity contribution >= 4 is 39.9 Å². The molecule has 0 bridgehead atoms. The fourth-order valence-corrected chi connectivity index (χ4v) is 3.49. The van der Waals surface area contributed by atoms with E-state index in [9.17, 15) is 9.00 Å². The van der Waals surface area contributed by atoms with Crippen LogP contribution >= 0.6 is 11.6 Å². The Morgan fingerprint density at radius 1 is 1.27 bits per heavy atom. The molecule has 1 amide bonds. The third-order valence-electron chi connectivity index (χ3n) is 4.22. The molecule has 30 heavy (non-hydrogen) atoms. The zero-order valence-corrected chi connectivity index (χ0v) is 18.2. The Balaban J connectivity index is 1.82. The Morgan fingerprint density at radius 2 is 2.07 bits per heavy atom. The van der Waals surface area contributed by atoms with Gasteiger partial charge in [-0.3, -0.25) is 9.78 Å². The van der Waals surface area contributed by atoms with E-state index in [2.05, 4.69) is 25.7 Å². The molecule has 0 aliphatic carbocycles. The SMILES string of the molecule is CC(C)Nc1cc(-c2cnn3cc(Cl)cnc23)ncc1C(=O)NCCCCS(=O)O. The van der Waals surface area contributed by atoms with E-state index in [1.165, 1.54) is 6.20 Å². The molecule has 3 N–H and O–H groups in total. The topological polar surface area (TPSA) is 122 Å². The summed E-state index contributed by atoms with van der Waals surface area (Å²) in [5.74, 6) is -0.0577. The van der Waals surface area contributed by atoms with Crippen molar-refractivity contribution < 1.29 is 13.6 Å². The van der Waals surface area contributed by atoms with E-state index >= 15 is 0 Å². The van der Waals surface area contributed by atoms with E-state index < -0.39 is 11.1 Å². The van der Waals surface area contributed by atoms with E-state index in [1.807, 2.05) is 13.8 Å². The molecule has 9 nitrogen and oxygen atoms in total. The highest BCUT2D eigenvalue weighted by Crippen LogP contribution is 2.27. The molecule has 0 aliphatic heterocycles. The van der Waals surface area contributed by atoms with Crippen molar-refractivity contribution in [3.63, 3.8) is 0 Å². The smallest absolute Gasteiger partial charge is 0.254 e. The first-order chi connectivity index (χ1) is 14.3. The van der Waals surface area contributed by atoms with E-state index in [4.69, 9.17) is 16.2 Å². The van der Waals surface area contributed by atoms with Crippen molar-refractivity contribution in [2.45, 2.75) is 32.7 Å². The lowest BCUT2D eigenvalue weighted by molar-refractivity contribution is 0.0953. The molecule has 0 aromatic carbocycles. The Labute approximate surface area is 181 Å². The molecule has 3 heterocycles. The summed E-state index contributed by atoms with van der Waals surface area (Å²) in [7, 11) is 0. The van der Waals surface area contributed by atoms with Gasteiger partial charge in [-0.15, -0.1) is 0 Å². The fraction of sp³-hybridized carbons (Fsp3) is 0.368. The first-order valence-corrected chi connectivity index (χ1v) is 11.1. The summed E-state index contributed by atoms with van der Waals surface area (Å²) in [4.78, 5) is 21.4. The van der Waals surface area contributed by atoms with Crippen molar-refractivity contribution in [2.24, 2.45) is 0 Å². The average Bonchev–Trinajstić information content (AvgIpc) is 3.09. The van der Waals surface area contributed by atoms with Crippen LogP contribution in [0.1, 0.15) is 37.0 Å². The summed E-state index contributed by atoms with van der Waals surface area (Å²) in [6.07, 6.45) is 7.57. The van der Waals surface area contributed by atoms with E-state index in [0.717, 1.165) is 5.56 Å². The van der Waals surface area contributed by atoms with Crippen LogP contribution in [0.3, 0.4) is 0 Å². The van der Waals surface area contributed by atoms with Crippen LogP contribution in [0.2, 0.25) is 5.02 Å². The van der Waals surface area contributed by atoms with Crippen LogP contribution in [0.5, 0.6) is 0 Å². The molecular formula is C19H23ClN6O3S. The van der Waals surface area contributed by atoms with Gasteiger partial charge in [0.15, 0.2) is 16.7 Å². The molecule has 0 aliphatic rings. The summed E-state index contributed by atoms with van der Waals surface area (Å²) in [5, 5.41) is 10.9. The second-order valence-corrected chi connectivity index (χ2v) is 8.49. The lowest BCUT2D eigenvalue weighted by Crippen LogP contribution is -2.26. The highest BCUT2D eigenvalue weighted by molar-refractivity contribution is 7.79. The van der Waals surface area contributed by atoms with Crippen molar-refractivity contribution in [3.8, 4) is 11.3 Å². The number of carbonyl (C=O) groups excluding carboxylic acids is 1. The normalized spacial score (nSPS) is 12.3. The Hall–Kier alpha value is -2.56. The number of fused-ring (bicyclic) bond motifs is 1. The highest BCUT2D eigenvalue weighted by Gasteiger charge is 2.17. The van der Waals surface area contributed by atoms with Crippen LogP contribution in [0.4, 0.5) is 5.69 Å². The predicted octanol–water partition coefficient (Wildman–Crippen LogP) is 3.00. The van der Waals surface area contributed by atoms with Gasteiger partial charge in [0.1, 0.15) is 0 Å². The van der Waals surface area contributed by atoms with Gasteiger partial charge < -0.3 is 15.2 Å². The summed E-state index contributed by atoms with van der Waals surface area (Å²) in [6.45, 7) is 4.38. The van der Waals surface area contributed by atoms with E-state index in [-0.39, 0.29) is 17.7 Å². The van der Waals surface area contributed by atoms with Gasteiger partial charge in [-0.2, -0.15) is 5.10 Å². The lowest BCUT2D eigenvalue weighted by Gasteiger charge is -2.15. The molecule has 3 aromatic heterocycles. The minimum absolute atomic E-state index is 0.104. The molecule has 0 fully saturated rings. The molecule has 3 aromatic rings. The molecule has 1 unspecified atom stereocenters. The number of aromatic nitrogens is 4. The fourth-order valence-electron chi connectivity index (χ4n) is 2.89. The van der Waals surface area contributed by atoms with Crippen LogP contribution in [-0.4, -0.2) is 52.6 Å². The number of halogens is 1. The number of unbranched alkanes of at least 4 members (excludes halogenated alkanes) is 1. The van der Waals surface area contributed by atoms with Crippen molar-refractivity contribution in [3.05, 3.63) is 41.4 Å². The summed E-state index contributed by atoms with van der Waals surface area (Å²) < 4.78 is 21.1. The van der Waals surface area contributed by atoms with E-state index in [0.29, 0.717) is 47.0 Å². The minimum atomic E-state index is -1.81. The number of pyridine rings is 1. The second kappa shape index (κ2) is 9.96. The van der Waals surface area contributed by atoms with Crippen molar-refractivity contribution in [1.82, 2.24) is 24.9 Å². The second-order valence-electron chi connectivity index (χ2n) is 7.00. The molecule has 3 rings (SSSR count). The quantitative estimate of drug-likeness (QED) is 0.338. The number of carbonyl (C=O) groups is 1. The molecule has 160 valence electrons. The largest absolute Gasteiger partial charge is 0.382 e. The highest BCUT2D eigenvalue weighted by atomic mass is 35.5. The zero-order valence-electron chi connectivity index (χ0n) is 16.6. The number of hydrogen-bond donors (Lipinski definition) is 3. The van der Waals surface area contributed by atoms with Crippen LogP contribution in [0, 0.1) is 0 Å². The number of anilines is 1. The maximum absolute atomic E-state index is 12.6. The molecule has 0 spiro atoms. The number of nitrogens with zero attached hydrogens (tertiary/aromatic N) is 4. The van der Waals surface area contributed by atoms with Gasteiger partial charge in [-0.05, 0) is 32.8 Å². The maximum atomic E-state index is 12.6. The number of amides is 1. The van der Waals surface area contributed by atoms with Gasteiger partial charge in [0, 0.05) is 30.7 Å². The first kappa shape index (κ1) is 22.1. The molecule has 0 saturated carbocycles. The Kier molecular flexibility index (Phi) is 7.35. The van der Waals surface area contributed by atoms with Gasteiger partial charge in [0.05, 0.1) is 39.9 Å². The maximum Gasteiger partial charge on any atom is 0.254 e. The minimum Gasteiger partial charge on any atom is -0.382 e. The van der Waals surface area contributed by atoms with Crippen LogP contribution in [-0.2, 0) is 11.1 Å². The molecular weight excluding hydrogens is 428 g/mol. The monoisotopic (exact) mass is 450 g/mol. The van der Waals surface area contributed by atoms with E-state index in [1.54, 1.807) is 29.2 Å². The van der Waals surface area contributed by atoms with Gasteiger partial charge in [-0.25, -0.2) is 13.7 Å². The molecule has 11 heteroatoms. The Morgan fingerprint density at radius 3 is 2.80 bits per heavy atom. The number of rotatable bonds is 9. The zero-order chi connectivity index (χ0) is 21.7. The third kappa shape index (κ3) is 5.53. The lowest BCUT2D eigenvalue weighted by atomic mass is 10.1. The number of nitrogens with one attached hydrogen (secondary N) is 2. The van der Waals surface area contributed by atoms with Crippen molar-refractivity contribution in [1.29, 1.82) is 0 Å². The van der Waals surface area contributed by atoms with Gasteiger partial charge in [0.2, 0.25) is 0 Å². The molecule has 0 radical (unpaired) electrons. The third-order valence-corrected chi connectivity index (χ3v) is 5.06. The van der Waals surface area contributed by atoms with Gasteiger partial charge >= 0.3 is 0 Å². The van der Waals surface area contributed by atoms with Crippen LogP contribution < -0.4 is 10.6 Å². The first-order valence-electron chi connectivity index (χ1n) is 9.46. The standard InChI is InChI=1S/C19H23ClN6O3S/c1-12(2)25-17-7-16(14-10-24-26-11-13(20)8-23-18(14)26)22-9-15(17)19(27)21-5-3-4-6-30(28)29/h7-12H,3-6H2,1-2H3,(H,21,27)(H,22,25)(H,28,29). The number of hydrogen-bond acceptors (Lipinski definition) is 6. The van der Waals surface area contributed by atoms with Crippen molar-refractivity contribution in [2.75, 3.05) is 17.6 Å². The molecule has 0 saturated heterocycles. The van der Waals surface area contributed by atoms with Crippen LogP contribution in [0.25, 0.3) is 16.9 Å². The summed E-state index contributed by atoms with van der Waals surface area (Å²) in [6, 6.07) is 1.91. The van der Waals surface area contributed by atoms with Gasteiger partial charge in [-0.1, -0.05) is 11.6 Å². The van der Waals surface area contributed by atoms with Crippen LogP contribution in [0.15, 0.2) is 30.9 Å². The Bertz CT molecular complexity index is 1070.